The van der Waals surface area contributed by atoms with E-state index in [9.17, 15) is 9.18 Å². The first-order valence-corrected chi connectivity index (χ1v) is 7.78. The van der Waals surface area contributed by atoms with Crippen LogP contribution in [0.1, 0.15) is 23.0 Å². The van der Waals surface area contributed by atoms with Crippen LogP contribution in [-0.2, 0) is 6.54 Å². The van der Waals surface area contributed by atoms with Crippen molar-refractivity contribution in [1.29, 1.82) is 0 Å². The highest BCUT2D eigenvalue weighted by molar-refractivity contribution is 5.91. The molecule has 0 fully saturated rings. The van der Waals surface area contributed by atoms with Crippen molar-refractivity contribution in [2.75, 3.05) is 19.6 Å². The van der Waals surface area contributed by atoms with Crippen molar-refractivity contribution in [1.82, 2.24) is 16.0 Å². The molecule has 0 aliphatic heterocycles. The number of aliphatic imine (C=N–C) groups is 1. The Labute approximate surface area is 140 Å². The van der Waals surface area contributed by atoms with Gasteiger partial charge in [0.05, 0.1) is 12.8 Å². The molecular formula is C17H21FN4O2. The number of guanidine groups is 1. The quantitative estimate of drug-likeness (QED) is 0.411. The largest absolute Gasteiger partial charge is 0.459 e. The minimum Gasteiger partial charge on any atom is -0.459 e. The third-order valence-corrected chi connectivity index (χ3v) is 3.16. The van der Waals surface area contributed by atoms with Crippen molar-refractivity contribution in [3.05, 3.63) is 59.8 Å². The zero-order valence-corrected chi connectivity index (χ0v) is 13.5. The second kappa shape index (κ2) is 9.34. The van der Waals surface area contributed by atoms with Crippen LogP contribution in [0.15, 0.2) is 52.1 Å². The number of benzene rings is 1. The summed E-state index contributed by atoms with van der Waals surface area (Å²) in [5.74, 6) is 0.293. The number of halogens is 1. The molecule has 0 spiro atoms. The summed E-state index contributed by atoms with van der Waals surface area (Å²) in [6.45, 7) is 3.75. The molecule has 2 rings (SSSR count). The van der Waals surface area contributed by atoms with E-state index in [-0.39, 0.29) is 24.0 Å². The monoisotopic (exact) mass is 332 g/mol. The van der Waals surface area contributed by atoms with E-state index < -0.39 is 0 Å². The van der Waals surface area contributed by atoms with Crippen LogP contribution in [0.5, 0.6) is 0 Å². The zero-order chi connectivity index (χ0) is 17.2. The van der Waals surface area contributed by atoms with E-state index in [0.29, 0.717) is 31.2 Å². The van der Waals surface area contributed by atoms with Gasteiger partial charge >= 0.3 is 0 Å². The lowest BCUT2D eigenvalue weighted by Crippen LogP contribution is -2.41. The summed E-state index contributed by atoms with van der Waals surface area (Å²) in [5.41, 5.74) is 0.529. The Bertz CT molecular complexity index is 671. The van der Waals surface area contributed by atoms with Gasteiger partial charge in [0, 0.05) is 25.2 Å². The van der Waals surface area contributed by atoms with Crippen LogP contribution in [0, 0.1) is 5.82 Å². The van der Waals surface area contributed by atoms with Crippen LogP contribution in [-0.4, -0.2) is 31.5 Å². The number of furan rings is 1. The van der Waals surface area contributed by atoms with E-state index in [4.69, 9.17) is 4.42 Å². The molecule has 0 aliphatic rings. The summed E-state index contributed by atoms with van der Waals surface area (Å²) >= 11 is 0. The van der Waals surface area contributed by atoms with Crippen LogP contribution in [0.3, 0.4) is 0 Å². The number of carbonyl (C=O) groups excluding carboxylic acids is 1. The topological polar surface area (TPSA) is 78.7 Å². The lowest BCUT2D eigenvalue weighted by molar-refractivity contribution is 0.0926. The maximum atomic E-state index is 13.6. The fourth-order valence-corrected chi connectivity index (χ4v) is 1.98. The van der Waals surface area contributed by atoms with Gasteiger partial charge in [-0.3, -0.25) is 4.79 Å². The Morgan fingerprint density at radius 1 is 1.12 bits per heavy atom. The van der Waals surface area contributed by atoms with Gasteiger partial charge in [-0.25, -0.2) is 9.38 Å². The third-order valence-electron chi connectivity index (χ3n) is 3.16. The predicted molar refractivity (Wildman–Crippen MR) is 90.3 cm³/mol. The Hall–Kier alpha value is -2.83. The maximum Gasteiger partial charge on any atom is 0.287 e. The number of hydrogen-bond donors (Lipinski definition) is 3. The highest BCUT2D eigenvalue weighted by Crippen LogP contribution is 2.07. The first-order valence-electron chi connectivity index (χ1n) is 7.78. The summed E-state index contributed by atoms with van der Waals surface area (Å²) in [6.07, 6.45) is 1.45. The van der Waals surface area contributed by atoms with Crippen molar-refractivity contribution in [2.45, 2.75) is 13.5 Å². The molecular weight excluding hydrogens is 311 g/mol. The van der Waals surface area contributed by atoms with Gasteiger partial charge in [-0.15, -0.1) is 0 Å². The smallest absolute Gasteiger partial charge is 0.287 e. The second-order valence-electron chi connectivity index (χ2n) is 4.95. The Morgan fingerprint density at radius 2 is 1.92 bits per heavy atom. The Balaban J connectivity index is 1.79. The Kier molecular flexibility index (Phi) is 6.82. The van der Waals surface area contributed by atoms with Crippen LogP contribution >= 0.6 is 0 Å². The fraction of sp³-hybridized carbons (Fsp3) is 0.294. The fourth-order valence-electron chi connectivity index (χ4n) is 1.98. The van der Waals surface area contributed by atoms with Gasteiger partial charge in [-0.2, -0.15) is 0 Å². The van der Waals surface area contributed by atoms with E-state index in [2.05, 4.69) is 20.9 Å². The van der Waals surface area contributed by atoms with Crippen molar-refractivity contribution in [3.63, 3.8) is 0 Å². The molecule has 2 aromatic rings. The molecule has 24 heavy (non-hydrogen) atoms. The van der Waals surface area contributed by atoms with Crippen LogP contribution in [0.25, 0.3) is 0 Å². The van der Waals surface area contributed by atoms with E-state index in [1.54, 1.807) is 30.3 Å². The zero-order valence-electron chi connectivity index (χ0n) is 13.5. The molecule has 1 heterocycles. The highest BCUT2D eigenvalue weighted by Gasteiger charge is 2.07. The standard InChI is InChI=1S/C17H21FN4O2/c1-2-19-17(22-12-13-6-3-4-7-14(13)18)21-10-9-20-16(23)15-8-5-11-24-15/h3-8,11H,2,9-10,12H2,1H3,(H,20,23)(H2,19,21,22). The highest BCUT2D eigenvalue weighted by atomic mass is 19.1. The SMILES string of the molecule is CCNC(=NCc1ccccc1F)NCCNC(=O)c1ccco1. The number of hydrogen-bond acceptors (Lipinski definition) is 3. The number of nitrogens with one attached hydrogen (secondary N) is 3. The summed E-state index contributed by atoms with van der Waals surface area (Å²) in [5, 5.41) is 8.88. The van der Waals surface area contributed by atoms with Gasteiger partial charge in [0.25, 0.3) is 5.91 Å². The minimum absolute atomic E-state index is 0.237. The Morgan fingerprint density at radius 3 is 2.62 bits per heavy atom. The molecule has 128 valence electrons. The van der Waals surface area contributed by atoms with Gasteiger partial charge < -0.3 is 20.4 Å². The molecule has 1 amide bonds. The second-order valence-corrected chi connectivity index (χ2v) is 4.95. The summed E-state index contributed by atoms with van der Waals surface area (Å²) < 4.78 is 18.6. The van der Waals surface area contributed by atoms with Crippen molar-refractivity contribution in [3.8, 4) is 0 Å². The van der Waals surface area contributed by atoms with E-state index >= 15 is 0 Å². The molecule has 7 heteroatoms. The predicted octanol–water partition coefficient (Wildman–Crippen LogP) is 1.90. The molecule has 0 atom stereocenters. The number of nitrogens with zero attached hydrogens (tertiary/aromatic N) is 1. The summed E-state index contributed by atoms with van der Waals surface area (Å²) in [7, 11) is 0. The first kappa shape index (κ1) is 17.5. The van der Waals surface area contributed by atoms with Crippen LogP contribution in [0.4, 0.5) is 4.39 Å². The summed E-state index contributed by atoms with van der Waals surface area (Å²) in [6, 6.07) is 9.79. The minimum atomic E-state index is -0.275. The molecule has 0 saturated heterocycles. The number of carbonyl (C=O) groups is 1. The van der Waals surface area contributed by atoms with Crippen molar-refractivity contribution < 1.29 is 13.6 Å². The number of rotatable bonds is 7. The van der Waals surface area contributed by atoms with Gasteiger partial charge in [-0.05, 0) is 25.1 Å². The molecule has 3 N–H and O–H groups in total. The van der Waals surface area contributed by atoms with Gasteiger partial charge in [-0.1, -0.05) is 18.2 Å². The molecule has 0 aliphatic carbocycles. The molecule has 1 aromatic carbocycles. The van der Waals surface area contributed by atoms with E-state index in [1.807, 2.05) is 6.92 Å². The molecule has 0 radical (unpaired) electrons. The normalized spacial score (nSPS) is 11.2. The average Bonchev–Trinajstić information content (AvgIpc) is 3.12. The van der Waals surface area contributed by atoms with Crippen LogP contribution in [0.2, 0.25) is 0 Å². The van der Waals surface area contributed by atoms with Crippen molar-refractivity contribution in [2.24, 2.45) is 4.99 Å². The molecule has 0 bridgehead atoms. The average molecular weight is 332 g/mol. The van der Waals surface area contributed by atoms with Crippen molar-refractivity contribution >= 4 is 11.9 Å². The lowest BCUT2D eigenvalue weighted by atomic mass is 10.2. The summed E-state index contributed by atoms with van der Waals surface area (Å²) in [4.78, 5) is 16.0. The van der Waals surface area contributed by atoms with Crippen LogP contribution < -0.4 is 16.0 Å². The number of amides is 1. The van der Waals surface area contributed by atoms with E-state index in [1.165, 1.54) is 12.3 Å². The van der Waals surface area contributed by atoms with Gasteiger partial charge in [0.1, 0.15) is 5.82 Å². The molecule has 1 aromatic heterocycles. The van der Waals surface area contributed by atoms with Gasteiger partial charge in [0.2, 0.25) is 0 Å². The lowest BCUT2D eigenvalue weighted by Gasteiger charge is -2.11. The maximum absolute atomic E-state index is 13.6. The molecule has 6 nitrogen and oxygen atoms in total. The molecule has 0 saturated carbocycles. The van der Waals surface area contributed by atoms with E-state index in [0.717, 1.165) is 0 Å². The first-order chi connectivity index (χ1) is 11.7. The molecule has 0 unspecified atom stereocenters. The third kappa shape index (κ3) is 5.42. The van der Waals surface area contributed by atoms with Gasteiger partial charge in [0.15, 0.2) is 11.7 Å².